The van der Waals surface area contributed by atoms with E-state index in [9.17, 15) is 4.79 Å². The van der Waals surface area contributed by atoms with Gasteiger partial charge in [-0.2, -0.15) is 5.10 Å². The summed E-state index contributed by atoms with van der Waals surface area (Å²) in [6.07, 6.45) is 0.884. The summed E-state index contributed by atoms with van der Waals surface area (Å²) in [4.78, 5) is 14.5. The van der Waals surface area contributed by atoms with E-state index in [-0.39, 0.29) is 12.0 Å². The van der Waals surface area contributed by atoms with Gasteiger partial charge in [-0.3, -0.25) is 9.48 Å². The number of carbonyl (C=O) groups is 1. The Morgan fingerprint density at radius 1 is 1.35 bits per heavy atom. The standard InChI is InChI=1S/C18H23N3O2/c1-12-17(13(2)21(4)19-12)18(22)20(3)10-16-9-14-7-5-6-8-15(14)11-23-16/h5-8,16H,9-11H2,1-4H3. The number of amides is 1. The average molecular weight is 313 g/mol. The highest BCUT2D eigenvalue weighted by Crippen LogP contribution is 2.21. The van der Waals surface area contributed by atoms with Crippen molar-refractivity contribution in [2.24, 2.45) is 7.05 Å². The van der Waals surface area contributed by atoms with Gasteiger partial charge >= 0.3 is 0 Å². The van der Waals surface area contributed by atoms with Crippen LogP contribution in [0.25, 0.3) is 0 Å². The first-order valence-electron chi connectivity index (χ1n) is 7.91. The second-order valence-electron chi connectivity index (χ2n) is 6.26. The van der Waals surface area contributed by atoms with E-state index in [1.807, 2.05) is 34.0 Å². The maximum absolute atomic E-state index is 12.7. The van der Waals surface area contributed by atoms with Crippen LogP contribution >= 0.6 is 0 Å². The highest BCUT2D eigenvalue weighted by molar-refractivity contribution is 5.96. The number of rotatable bonds is 3. The topological polar surface area (TPSA) is 47.4 Å². The molecular weight excluding hydrogens is 290 g/mol. The molecule has 5 heteroatoms. The second kappa shape index (κ2) is 6.16. The molecule has 0 bridgehead atoms. The fourth-order valence-electron chi connectivity index (χ4n) is 3.19. The Bertz CT molecular complexity index is 736. The molecule has 0 saturated heterocycles. The predicted molar refractivity (Wildman–Crippen MR) is 88.4 cm³/mol. The number of carbonyl (C=O) groups excluding carboxylic acids is 1. The number of ether oxygens (including phenoxy) is 1. The van der Waals surface area contributed by atoms with E-state index in [1.54, 1.807) is 9.58 Å². The van der Waals surface area contributed by atoms with Crippen LogP contribution in [-0.4, -0.2) is 40.3 Å². The van der Waals surface area contributed by atoms with Crippen LogP contribution in [-0.2, 0) is 24.8 Å². The van der Waals surface area contributed by atoms with Gasteiger partial charge in [0.15, 0.2) is 0 Å². The minimum atomic E-state index is 0.00978. The molecule has 2 aromatic rings. The van der Waals surface area contributed by atoms with E-state index in [4.69, 9.17) is 4.74 Å². The third kappa shape index (κ3) is 3.01. The zero-order valence-corrected chi connectivity index (χ0v) is 14.2. The van der Waals surface area contributed by atoms with Crippen molar-refractivity contribution in [3.8, 4) is 0 Å². The fourth-order valence-corrected chi connectivity index (χ4v) is 3.19. The summed E-state index contributed by atoms with van der Waals surface area (Å²) in [5, 5.41) is 4.33. The van der Waals surface area contributed by atoms with E-state index in [0.717, 1.165) is 17.8 Å². The zero-order valence-electron chi connectivity index (χ0n) is 14.2. The number of likely N-dealkylation sites (N-methyl/N-ethyl adjacent to an activating group) is 1. The van der Waals surface area contributed by atoms with Crippen LogP contribution in [0.5, 0.6) is 0 Å². The lowest BCUT2D eigenvalue weighted by molar-refractivity contribution is 0.00981. The van der Waals surface area contributed by atoms with Crippen LogP contribution < -0.4 is 0 Å². The van der Waals surface area contributed by atoms with Crippen LogP contribution in [0.2, 0.25) is 0 Å². The first-order valence-corrected chi connectivity index (χ1v) is 7.91. The Balaban J connectivity index is 1.70. The van der Waals surface area contributed by atoms with Crippen molar-refractivity contribution in [2.45, 2.75) is 33.0 Å². The third-order valence-corrected chi connectivity index (χ3v) is 4.59. The van der Waals surface area contributed by atoms with E-state index in [2.05, 4.69) is 23.3 Å². The minimum absolute atomic E-state index is 0.00978. The van der Waals surface area contributed by atoms with Crippen molar-refractivity contribution < 1.29 is 9.53 Å². The lowest BCUT2D eigenvalue weighted by atomic mass is 9.99. The number of hydrogen-bond acceptors (Lipinski definition) is 3. The smallest absolute Gasteiger partial charge is 0.257 e. The summed E-state index contributed by atoms with van der Waals surface area (Å²) in [5.41, 5.74) is 4.94. The number of aromatic nitrogens is 2. The van der Waals surface area contributed by atoms with E-state index in [0.29, 0.717) is 18.7 Å². The highest BCUT2D eigenvalue weighted by atomic mass is 16.5. The molecule has 3 rings (SSSR count). The van der Waals surface area contributed by atoms with Gasteiger partial charge in [0.2, 0.25) is 0 Å². The average Bonchev–Trinajstić information content (AvgIpc) is 2.79. The van der Waals surface area contributed by atoms with Crippen molar-refractivity contribution in [3.05, 3.63) is 52.3 Å². The van der Waals surface area contributed by atoms with Crippen LogP contribution in [0.3, 0.4) is 0 Å². The first kappa shape index (κ1) is 15.7. The van der Waals surface area contributed by atoms with Crippen LogP contribution in [0.1, 0.15) is 32.9 Å². The van der Waals surface area contributed by atoms with Gasteiger partial charge in [0.1, 0.15) is 0 Å². The largest absolute Gasteiger partial charge is 0.371 e. The number of hydrogen-bond donors (Lipinski definition) is 0. The Morgan fingerprint density at radius 3 is 2.70 bits per heavy atom. The summed E-state index contributed by atoms with van der Waals surface area (Å²) in [7, 11) is 3.69. The molecule has 5 nitrogen and oxygen atoms in total. The second-order valence-corrected chi connectivity index (χ2v) is 6.26. The third-order valence-electron chi connectivity index (χ3n) is 4.59. The first-order chi connectivity index (χ1) is 11.0. The molecule has 1 aliphatic rings. The number of aryl methyl sites for hydroxylation is 2. The molecule has 0 fully saturated rings. The van der Waals surface area contributed by atoms with Crippen molar-refractivity contribution in [1.82, 2.24) is 14.7 Å². The van der Waals surface area contributed by atoms with Gasteiger partial charge in [0.25, 0.3) is 5.91 Å². The SMILES string of the molecule is Cc1nn(C)c(C)c1C(=O)N(C)CC1Cc2ccccc2CO1. The minimum Gasteiger partial charge on any atom is -0.371 e. The maximum Gasteiger partial charge on any atom is 0.257 e. The zero-order chi connectivity index (χ0) is 16.6. The maximum atomic E-state index is 12.7. The summed E-state index contributed by atoms with van der Waals surface area (Å²) in [6, 6.07) is 8.33. The van der Waals surface area contributed by atoms with Crippen molar-refractivity contribution in [1.29, 1.82) is 0 Å². The lowest BCUT2D eigenvalue weighted by Crippen LogP contribution is -2.38. The Kier molecular flexibility index (Phi) is 4.22. The Hall–Kier alpha value is -2.14. The van der Waals surface area contributed by atoms with E-state index in [1.165, 1.54) is 11.1 Å². The molecule has 0 aliphatic carbocycles. The molecule has 1 atom stereocenters. The van der Waals surface area contributed by atoms with E-state index >= 15 is 0 Å². The monoisotopic (exact) mass is 313 g/mol. The molecular formula is C18H23N3O2. The van der Waals surface area contributed by atoms with Crippen molar-refractivity contribution >= 4 is 5.91 Å². The molecule has 23 heavy (non-hydrogen) atoms. The predicted octanol–water partition coefficient (Wildman–Crippen LogP) is 2.25. The lowest BCUT2D eigenvalue weighted by Gasteiger charge is -2.29. The molecule has 1 aromatic heterocycles. The van der Waals surface area contributed by atoms with Gasteiger partial charge in [-0.25, -0.2) is 0 Å². The van der Waals surface area contributed by atoms with Gasteiger partial charge in [0.05, 0.1) is 24.0 Å². The van der Waals surface area contributed by atoms with Crippen LogP contribution in [0, 0.1) is 13.8 Å². The normalized spacial score (nSPS) is 17.0. The van der Waals surface area contributed by atoms with Gasteiger partial charge in [0, 0.05) is 32.8 Å². The highest BCUT2D eigenvalue weighted by Gasteiger charge is 2.25. The molecule has 1 amide bonds. The molecule has 0 saturated carbocycles. The van der Waals surface area contributed by atoms with Crippen molar-refractivity contribution in [2.75, 3.05) is 13.6 Å². The van der Waals surface area contributed by atoms with Crippen LogP contribution in [0.4, 0.5) is 0 Å². The van der Waals surface area contributed by atoms with Gasteiger partial charge in [-0.1, -0.05) is 24.3 Å². The molecule has 0 N–H and O–H groups in total. The quantitative estimate of drug-likeness (QED) is 0.873. The Morgan fingerprint density at radius 2 is 2.04 bits per heavy atom. The van der Waals surface area contributed by atoms with Gasteiger partial charge in [-0.05, 0) is 25.0 Å². The molecule has 0 radical (unpaired) electrons. The summed E-state index contributed by atoms with van der Waals surface area (Å²) < 4.78 is 7.67. The molecule has 0 spiro atoms. The summed E-state index contributed by atoms with van der Waals surface area (Å²) >= 11 is 0. The molecule has 1 aromatic carbocycles. The van der Waals surface area contributed by atoms with E-state index < -0.39 is 0 Å². The summed E-state index contributed by atoms with van der Waals surface area (Å²) in [6.45, 7) is 5.00. The number of benzene rings is 1. The molecule has 1 aliphatic heterocycles. The molecule has 1 unspecified atom stereocenters. The number of fused-ring (bicyclic) bond motifs is 1. The number of nitrogens with zero attached hydrogens (tertiary/aromatic N) is 3. The van der Waals surface area contributed by atoms with Gasteiger partial charge < -0.3 is 9.64 Å². The summed E-state index contributed by atoms with van der Waals surface area (Å²) in [5.74, 6) is 0.00978. The van der Waals surface area contributed by atoms with Crippen molar-refractivity contribution in [3.63, 3.8) is 0 Å². The van der Waals surface area contributed by atoms with Gasteiger partial charge in [-0.15, -0.1) is 0 Å². The molecule has 2 heterocycles. The fraction of sp³-hybridized carbons (Fsp3) is 0.444. The van der Waals surface area contributed by atoms with Crippen LogP contribution in [0.15, 0.2) is 24.3 Å². The molecule has 122 valence electrons. The Labute approximate surface area is 136 Å².